The summed E-state index contributed by atoms with van der Waals surface area (Å²) in [5.74, 6) is -0.277. The van der Waals surface area contributed by atoms with Crippen LogP contribution in [0.25, 0.3) is 0 Å². The lowest BCUT2D eigenvalue weighted by Crippen LogP contribution is -2.48. The minimum Gasteiger partial charge on any atom is -0.465 e. The number of hydrogen-bond donors (Lipinski definition) is 4. The van der Waals surface area contributed by atoms with Crippen molar-refractivity contribution in [2.24, 2.45) is 0 Å². The van der Waals surface area contributed by atoms with E-state index in [-0.39, 0.29) is 11.9 Å². The summed E-state index contributed by atoms with van der Waals surface area (Å²) in [6, 6.07) is -0.575. The molecular formula is C8H15N3O3. The summed E-state index contributed by atoms with van der Waals surface area (Å²) in [5, 5.41) is 16.4. The average molecular weight is 201 g/mol. The van der Waals surface area contributed by atoms with Gasteiger partial charge in [-0.25, -0.2) is 4.79 Å². The monoisotopic (exact) mass is 201 g/mol. The van der Waals surface area contributed by atoms with E-state index >= 15 is 0 Å². The second-order valence-corrected chi connectivity index (χ2v) is 3.37. The molecule has 1 aliphatic rings. The normalized spacial score (nSPS) is 22.8. The number of carbonyl (C=O) groups is 2. The SMILES string of the molecule is CC(NC(=O)O)C(=O)NC1CCNC1. The molecule has 1 saturated heterocycles. The maximum Gasteiger partial charge on any atom is 0.405 e. The lowest BCUT2D eigenvalue weighted by Gasteiger charge is -2.15. The first-order chi connectivity index (χ1) is 6.59. The second-order valence-electron chi connectivity index (χ2n) is 3.37. The number of carboxylic acid groups (broad SMARTS) is 1. The Morgan fingerprint density at radius 2 is 2.29 bits per heavy atom. The van der Waals surface area contributed by atoms with Gasteiger partial charge in [0.15, 0.2) is 0 Å². The van der Waals surface area contributed by atoms with Gasteiger partial charge in [-0.1, -0.05) is 0 Å². The summed E-state index contributed by atoms with van der Waals surface area (Å²) in [7, 11) is 0. The Balaban J connectivity index is 2.29. The Labute approximate surface area is 82.1 Å². The first kappa shape index (κ1) is 10.8. The van der Waals surface area contributed by atoms with Crippen molar-refractivity contribution in [1.29, 1.82) is 0 Å². The molecule has 80 valence electrons. The lowest BCUT2D eigenvalue weighted by molar-refractivity contribution is -0.123. The van der Waals surface area contributed by atoms with Gasteiger partial charge in [-0.3, -0.25) is 4.79 Å². The highest BCUT2D eigenvalue weighted by Crippen LogP contribution is 1.97. The molecule has 2 atom stereocenters. The topological polar surface area (TPSA) is 90.5 Å². The first-order valence-corrected chi connectivity index (χ1v) is 4.60. The fraction of sp³-hybridized carbons (Fsp3) is 0.750. The molecule has 1 fully saturated rings. The lowest BCUT2D eigenvalue weighted by atomic mass is 10.2. The molecule has 0 aromatic rings. The van der Waals surface area contributed by atoms with Gasteiger partial charge in [0.1, 0.15) is 6.04 Å². The van der Waals surface area contributed by atoms with Gasteiger partial charge in [-0.05, 0) is 19.9 Å². The maximum atomic E-state index is 11.4. The molecule has 0 saturated carbocycles. The molecule has 0 aliphatic carbocycles. The summed E-state index contributed by atoms with van der Waals surface area (Å²) in [6.45, 7) is 3.17. The molecule has 4 N–H and O–H groups in total. The van der Waals surface area contributed by atoms with E-state index in [4.69, 9.17) is 5.11 Å². The van der Waals surface area contributed by atoms with Gasteiger partial charge in [0.25, 0.3) is 0 Å². The zero-order valence-corrected chi connectivity index (χ0v) is 8.04. The van der Waals surface area contributed by atoms with Gasteiger partial charge in [0.05, 0.1) is 0 Å². The molecule has 2 unspecified atom stereocenters. The quantitative estimate of drug-likeness (QED) is 0.477. The van der Waals surface area contributed by atoms with Crippen molar-refractivity contribution < 1.29 is 14.7 Å². The van der Waals surface area contributed by atoms with Gasteiger partial charge in [-0.2, -0.15) is 0 Å². The van der Waals surface area contributed by atoms with E-state index in [1.54, 1.807) is 0 Å². The molecule has 14 heavy (non-hydrogen) atoms. The highest BCUT2D eigenvalue weighted by Gasteiger charge is 2.20. The number of carbonyl (C=O) groups excluding carboxylic acids is 1. The Morgan fingerprint density at radius 1 is 1.57 bits per heavy atom. The third-order valence-corrected chi connectivity index (χ3v) is 2.14. The molecule has 0 aromatic heterocycles. The van der Waals surface area contributed by atoms with E-state index in [9.17, 15) is 9.59 Å². The molecule has 0 radical (unpaired) electrons. The predicted octanol–water partition coefficient (Wildman–Crippen LogP) is -0.879. The van der Waals surface area contributed by atoms with Crippen LogP contribution in [0.5, 0.6) is 0 Å². The molecule has 1 heterocycles. The highest BCUT2D eigenvalue weighted by atomic mass is 16.4. The molecule has 6 heteroatoms. The third-order valence-electron chi connectivity index (χ3n) is 2.14. The minimum absolute atomic E-state index is 0.126. The van der Waals surface area contributed by atoms with Crippen molar-refractivity contribution in [3.05, 3.63) is 0 Å². The summed E-state index contributed by atoms with van der Waals surface area (Å²) in [5.41, 5.74) is 0. The van der Waals surface area contributed by atoms with Crippen LogP contribution in [0.2, 0.25) is 0 Å². The van der Waals surface area contributed by atoms with Crippen LogP contribution >= 0.6 is 0 Å². The average Bonchev–Trinajstić information content (AvgIpc) is 2.55. The van der Waals surface area contributed by atoms with Gasteiger partial charge < -0.3 is 21.1 Å². The second kappa shape index (κ2) is 4.80. The van der Waals surface area contributed by atoms with E-state index < -0.39 is 12.1 Å². The summed E-state index contributed by atoms with van der Waals surface area (Å²) < 4.78 is 0. The number of nitrogens with one attached hydrogen (secondary N) is 3. The largest absolute Gasteiger partial charge is 0.465 e. The van der Waals surface area contributed by atoms with Crippen molar-refractivity contribution in [2.45, 2.75) is 25.4 Å². The third kappa shape index (κ3) is 3.21. The van der Waals surface area contributed by atoms with E-state index in [0.717, 1.165) is 19.5 Å². The minimum atomic E-state index is -1.18. The fourth-order valence-electron chi connectivity index (χ4n) is 1.35. The zero-order chi connectivity index (χ0) is 10.6. The van der Waals surface area contributed by atoms with Crippen molar-refractivity contribution >= 4 is 12.0 Å². The van der Waals surface area contributed by atoms with E-state index in [1.165, 1.54) is 6.92 Å². The number of hydrogen-bond acceptors (Lipinski definition) is 3. The van der Waals surface area contributed by atoms with Crippen LogP contribution in [0.1, 0.15) is 13.3 Å². The smallest absolute Gasteiger partial charge is 0.405 e. The van der Waals surface area contributed by atoms with Crippen LogP contribution in [0.15, 0.2) is 0 Å². The fourth-order valence-corrected chi connectivity index (χ4v) is 1.35. The van der Waals surface area contributed by atoms with Crippen LogP contribution in [0.4, 0.5) is 4.79 Å². The van der Waals surface area contributed by atoms with Gasteiger partial charge in [0, 0.05) is 12.6 Å². The Morgan fingerprint density at radius 3 is 2.79 bits per heavy atom. The molecule has 2 amide bonds. The summed E-state index contributed by atoms with van der Waals surface area (Å²) in [4.78, 5) is 21.6. The summed E-state index contributed by atoms with van der Waals surface area (Å²) in [6.07, 6.45) is -0.289. The number of amides is 2. The molecular weight excluding hydrogens is 186 g/mol. The van der Waals surface area contributed by atoms with Crippen molar-refractivity contribution in [3.8, 4) is 0 Å². The molecule has 0 spiro atoms. The standard InChI is InChI=1S/C8H15N3O3/c1-5(10-8(13)14)7(12)11-6-2-3-9-4-6/h5-6,9-10H,2-4H2,1H3,(H,11,12)(H,13,14). The van der Waals surface area contributed by atoms with Gasteiger partial charge in [0.2, 0.25) is 5.91 Å². The molecule has 0 bridgehead atoms. The van der Waals surface area contributed by atoms with Crippen LogP contribution in [-0.2, 0) is 4.79 Å². The Kier molecular flexibility index (Phi) is 3.70. The van der Waals surface area contributed by atoms with E-state index in [0.29, 0.717) is 0 Å². The van der Waals surface area contributed by atoms with Crippen LogP contribution in [0.3, 0.4) is 0 Å². The highest BCUT2D eigenvalue weighted by molar-refractivity contribution is 5.85. The molecule has 1 aliphatic heterocycles. The van der Waals surface area contributed by atoms with Crippen molar-refractivity contribution in [2.75, 3.05) is 13.1 Å². The molecule has 1 rings (SSSR count). The maximum absolute atomic E-state index is 11.4. The van der Waals surface area contributed by atoms with Gasteiger partial charge >= 0.3 is 6.09 Å². The Bertz CT molecular complexity index is 226. The van der Waals surface area contributed by atoms with Crippen LogP contribution in [0, 0.1) is 0 Å². The van der Waals surface area contributed by atoms with Crippen LogP contribution in [-0.4, -0.2) is 42.3 Å². The number of rotatable bonds is 3. The zero-order valence-electron chi connectivity index (χ0n) is 8.04. The molecule has 0 aromatic carbocycles. The summed E-state index contributed by atoms with van der Waals surface area (Å²) >= 11 is 0. The van der Waals surface area contributed by atoms with Crippen molar-refractivity contribution in [3.63, 3.8) is 0 Å². The first-order valence-electron chi connectivity index (χ1n) is 4.60. The molecule has 6 nitrogen and oxygen atoms in total. The van der Waals surface area contributed by atoms with E-state index in [2.05, 4.69) is 16.0 Å². The predicted molar refractivity (Wildman–Crippen MR) is 50.0 cm³/mol. The Hall–Kier alpha value is -1.30. The van der Waals surface area contributed by atoms with Gasteiger partial charge in [-0.15, -0.1) is 0 Å². The van der Waals surface area contributed by atoms with Crippen LogP contribution < -0.4 is 16.0 Å². The van der Waals surface area contributed by atoms with Crippen molar-refractivity contribution in [1.82, 2.24) is 16.0 Å². The van der Waals surface area contributed by atoms with E-state index in [1.807, 2.05) is 0 Å².